The molecule has 19 heavy (non-hydrogen) atoms. The van der Waals surface area contributed by atoms with Gasteiger partial charge in [0.15, 0.2) is 5.78 Å². The normalized spacial score (nSPS) is 18.4. The number of thioether (sulfide) groups is 1. The molecule has 0 fully saturated rings. The van der Waals surface area contributed by atoms with E-state index in [9.17, 15) is 9.59 Å². The summed E-state index contributed by atoms with van der Waals surface area (Å²) in [5.41, 5.74) is 1.36. The Labute approximate surface area is 116 Å². The number of ketones is 1. The Morgan fingerprint density at radius 1 is 1.47 bits per heavy atom. The molecular weight excluding hydrogens is 262 g/mol. The summed E-state index contributed by atoms with van der Waals surface area (Å²) >= 11 is 1.49. The first-order chi connectivity index (χ1) is 9.08. The van der Waals surface area contributed by atoms with E-state index in [4.69, 9.17) is 5.11 Å². The Bertz CT molecular complexity index is 515. The molecule has 1 aliphatic rings. The third-order valence-electron chi connectivity index (χ3n) is 3.13. The molecule has 0 saturated heterocycles. The lowest BCUT2D eigenvalue weighted by atomic mass is 10.1. The fourth-order valence-electron chi connectivity index (χ4n) is 2.12. The molecule has 1 N–H and O–H groups in total. The number of aliphatic hydroxyl groups is 1. The van der Waals surface area contributed by atoms with Crippen LogP contribution in [0.2, 0.25) is 0 Å². The summed E-state index contributed by atoms with van der Waals surface area (Å²) in [7, 11) is 0. The van der Waals surface area contributed by atoms with Crippen LogP contribution in [0.25, 0.3) is 0 Å². The number of amides is 1. The van der Waals surface area contributed by atoms with Crippen LogP contribution in [0, 0.1) is 0 Å². The van der Waals surface area contributed by atoms with E-state index in [2.05, 4.69) is 0 Å². The van der Waals surface area contributed by atoms with E-state index in [-0.39, 0.29) is 30.1 Å². The number of fused-ring (bicyclic) bond motifs is 1. The number of hydrogen-bond donors (Lipinski definition) is 1. The summed E-state index contributed by atoms with van der Waals surface area (Å²) in [5, 5.41) is 8.94. The fourth-order valence-corrected chi connectivity index (χ4v) is 3.16. The van der Waals surface area contributed by atoms with Gasteiger partial charge in [0.05, 0.1) is 17.5 Å². The van der Waals surface area contributed by atoms with Crippen molar-refractivity contribution in [3.8, 4) is 0 Å². The summed E-state index contributed by atoms with van der Waals surface area (Å²) in [6.45, 7) is 3.84. The maximum absolute atomic E-state index is 12.1. The number of anilines is 1. The van der Waals surface area contributed by atoms with Crippen LogP contribution < -0.4 is 4.90 Å². The Morgan fingerprint density at radius 2 is 2.21 bits per heavy atom. The minimum atomic E-state index is -0.160. The van der Waals surface area contributed by atoms with Crippen molar-refractivity contribution >= 4 is 29.1 Å². The summed E-state index contributed by atoms with van der Waals surface area (Å²) in [5.74, 6) is 0.0375. The Kier molecular flexibility index (Phi) is 4.27. The van der Waals surface area contributed by atoms with Crippen molar-refractivity contribution in [1.82, 2.24) is 0 Å². The molecule has 0 bridgehead atoms. The van der Waals surface area contributed by atoms with E-state index >= 15 is 0 Å². The first kappa shape index (κ1) is 14.1. The lowest BCUT2D eigenvalue weighted by molar-refractivity contribution is -0.118. The van der Waals surface area contributed by atoms with Gasteiger partial charge in [0, 0.05) is 23.4 Å². The zero-order valence-corrected chi connectivity index (χ0v) is 11.9. The number of nitrogens with zero attached hydrogens (tertiary/aromatic N) is 1. The van der Waals surface area contributed by atoms with Gasteiger partial charge < -0.3 is 10.0 Å². The summed E-state index contributed by atoms with van der Waals surface area (Å²) in [6.07, 6.45) is 0.441. The minimum Gasteiger partial charge on any atom is -0.395 e. The van der Waals surface area contributed by atoms with Crippen LogP contribution in [0.1, 0.15) is 30.6 Å². The van der Waals surface area contributed by atoms with Crippen LogP contribution in [0.3, 0.4) is 0 Å². The maximum Gasteiger partial charge on any atom is 0.240 e. The van der Waals surface area contributed by atoms with Crippen LogP contribution >= 0.6 is 11.8 Å². The van der Waals surface area contributed by atoms with Crippen molar-refractivity contribution in [2.24, 2.45) is 0 Å². The van der Waals surface area contributed by atoms with E-state index < -0.39 is 0 Å². The summed E-state index contributed by atoms with van der Waals surface area (Å²) in [4.78, 5) is 26.4. The molecule has 0 radical (unpaired) electrons. The monoisotopic (exact) mass is 279 g/mol. The highest BCUT2D eigenvalue weighted by molar-refractivity contribution is 8.00. The molecule has 1 amide bonds. The first-order valence-corrected chi connectivity index (χ1v) is 7.22. The molecule has 0 aliphatic carbocycles. The average molecular weight is 279 g/mol. The van der Waals surface area contributed by atoms with Crippen LogP contribution in [0.4, 0.5) is 5.69 Å². The number of hydrogen-bond acceptors (Lipinski definition) is 4. The van der Waals surface area contributed by atoms with Crippen molar-refractivity contribution in [2.45, 2.75) is 30.4 Å². The first-order valence-electron chi connectivity index (χ1n) is 6.34. The molecule has 1 unspecified atom stereocenters. The van der Waals surface area contributed by atoms with Gasteiger partial charge in [0.1, 0.15) is 0 Å². The second kappa shape index (κ2) is 5.75. The summed E-state index contributed by atoms with van der Waals surface area (Å²) in [6, 6.07) is 5.45. The van der Waals surface area contributed by atoms with E-state index in [1.165, 1.54) is 11.8 Å². The van der Waals surface area contributed by atoms with Crippen LogP contribution in [-0.2, 0) is 4.79 Å². The maximum atomic E-state index is 12.1. The second-order valence-electron chi connectivity index (χ2n) is 4.43. The van der Waals surface area contributed by atoms with E-state index in [1.54, 1.807) is 17.0 Å². The van der Waals surface area contributed by atoms with E-state index in [0.717, 1.165) is 10.6 Å². The average Bonchev–Trinajstić information content (AvgIpc) is 2.42. The smallest absolute Gasteiger partial charge is 0.240 e. The van der Waals surface area contributed by atoms with Gasteiger partial charge in [-0.15, -0.1) is 11.8 Å². The molecule has 1 atom stereocenters. The highest BCUT2D eigenvalue weighted by Crippen LogP contribution is 2.39. The van der Waals surface area contributed by atoms with Gasteiger partial charge in [0.25, 0.3) is 0 Å². The van der Waals surface area contributed by atoms with Crippen molar-refractivity contribution in [2.75, 3.05) is 18.1 Å². The van der Waals surface area contributed by atoms with Crippen molar-refractivity contribution in [3.63, 3.8) is 0 Å². The molecule has 4 nitrogen and oxygen atoms in total. The summed E-state index contributed by atoms with van der Waals surface area (Å²) < 4.78 is 0. The molecule has 1 aromatic rings. The van der Waals surface area contributed by atoms with Gasteiger partial charge in [-0.25, -0.2) is 0 Å². The van der Waals surface area contributed by atoms with Gasteiger partial charge in [0.2, 0.25) is 5.91 Å². The Morgan fingerprint density at radius 3 is 2.84 bits per heavy atom. The Hall–Kier alpha value is -1.33. The van der Waals surface area contributed by atoms with Gasteiger partial charge >= 0.3 is 0 Å². The highest BCUT2D eigenvalue weighted by Gasteiger charge is 2.30. The van der Waals surface area contributed by atoms with Gasteiger partial charge in [-0.2, -0.15) is 0 Å². The van der Waals surface area contributed by atoms with Gasteiger partial charge in [-0.3, -0.25) is 9.59 Å². The third-order valence-corrected chi connectivity index (χ3v) is 4.29. The number of Topliss-reactive ketones (excluding diaryl/α,β-unsaturated/α-hetero) is 1. The van der Waals surface area contributed by atoms with E-state index in [0.29, 0.717) is 12.0 Å². The number of carbonyl (C=O) groups excluding carboxylic acids is 2. The predicted octanol–water partition coefficient (Wildman–Crippen LogP) is 2.10. The Balaban J connectivity index is 2.45. The molecule has 1 aliphatic heterocycles. The molecule has 0 spiro atoms. The van der Waals surface area contributed by atoms with Crippen LogP contribution in [0.5, 0.6) is 0 Å². The van der Waals surface area contributed by atoms with Gasteiger partial charge in [-0.05, 0) is 19.1 Å². The van der Waals surface area contributed by atoms with Crippen molar-refractivity contribution in [3.05, 3.63) is 23.8 Å². The number of rotatable bonds is 4. The number of β-amino-alcohol motifs (C(OH)–C–C–N with tert-alkyl or cyclic N) is 1. The third kappa shape index (κ3) is 2.67. The minimum absolute atomic E-state index is 0.0207. The molecule has 0 aromatic heterocycles. The van der Waals surface area contributed by atoms with E-state index in [1.807, 2.05) is 19.9 Å². The molecule has 2 rings (SSSR count). The number of carbonyl (C=O) groups is 2. The van der Waals surface area contributed by atoms with Gasteiger partial charge in [-0.1, -0.05) is 13.0 Å². The molecular formula is C14H17NO3S. The molecule has 102 valence electrons. The largest absolute Gasteiger partial charge is 0.395 e. The molecule has 0 saturated carbocycles. The number of aliphatic hydroxyl groups excluding tert-OH is 1. The number of benzene rings is 1. The zero-order valence-electron chi connectivity index (χ0n) is 11.0. The quantitative estimate of drug-likeness (QED) is 0.858. The zero-order chi connectivity index (χ0) is 14.0. The molecule has 1 heterocycles. The lowest BCUT2D eigenvalue weighted by Crippen LogP contribution is -2.41. The van der Waals surface area contributed by atoms with Crippen molar-refractivity contribution < 1.29 is 14.7 Å². The predicted molar refractivity (Wildman–Crippen MR) is 75.8 cm³/mol. The highest BCUT2D eigenvalue weighted by atomic mass is 32.2. The fraction of sp³-hybridized carbons (Fsp3) is 0.429. The van der Waals surface area contributed by atoms with Crippen molar-refractivity contribution in [1.29, 1.82) is 0 Å². The van der Waals surface area contributed by atoms with Crippen LogP contribution in [-0.4, -0.2) is 35.2 Å². The lowest BCUT2D eigenvalue weighted by Gasteiger charge is -2.32. The second-order valence-corrected chi connectivity index (χ2v) is 5.82. The molecule has 5 heteroatoms. The van der Waals surface area contributed by atoms with Crippen LogP contribution in [0.15, 0.2) is 23.1 Å². The molecule has 1 aromatic carbocycles. The SMILES string of the molecule is CCC(=O)c1ccc2c(c1)N(CCO)C(=O)C(C)S2. The standard InChI is InChI=1S/C14H17NO3S/c1-3-12(17)10-4-5-13-11(8-10)15(6-7-16)14(18)9(2)19-13/h4-5,8-9,16H,3,6-7H2,1-2H3. The topological polar surface area (TPSA) is 57.6 Å².